The second kappa shape index (κ2) is 44.8. The normalized spacial score (nSPS) is 11.9. The zero-order valence-electron chi connectivity index (χ0n) is 35.4. The van der Waals surface area contributed by atoms with Crippen LogP contribution in [0.4, 0.5) is 0 Å². The molecular formula is C42H84O12. The Labute approximate surface area is 330 Å². The van der Waals surface area contributed by atoms with Crippen molar-refractivity contribution in [2.75, 3.05) is 132 Å². The van der Waals surface area contributed by atoms with Crippen LogP contribution in [0, 0.1) is 0 Å². The standard InChI is InChI=1S/C42H84O12/c1-5-6-7-8-9-10-11-12-13-14-15-16-17-18-19-20-21-44-22-23-45-24-25-46-26-27-47-28-29-48-30-31-49-32-33-50-34-35-51-36-37-52-38-39-53-40-41(43)54-42(2,3)4/h5-40H2,1-4H3. The number of rotatable bonds is 46. The highest BCUT2D eigenvalue weighted by molar-refractivity contribution is 5.71. The minimum absolute atomic E-state index is 0.0786. The van der Waals surface area contributed by atoms with E-state index in [2.05, 4.69) is 6.92 Å². The van der Waals surface area contributed by atoms with E-state index in [1.807, 2.05) is 20.8 Å². The SMILES string of the molecule is CCCCCCCCCCCCCCCCCCOCCOCCOCCOCCOCCOCCOCCOCCOCCOCC(=O)OC(C)(C)C. The van der Waals surface area contributed by atoms with E-state index in [9.17, 15) is 4.79 Å². The molecule has 0 spiro atoms. The Bertz CT molecular complexity index is 722. The van der Waals surface area contributed by atoms with Crippen LogP contribution in [0.15, 0.2) is 0 Å². The van der Waals surface area contributed by atoms with Crippen molar-refractivity contribution in [2.24, 2.45) is 0 Å². The third-order valence-electron chi connectivity index (χ3n) is 8.13. The van der Waals surface area contributed by atoms with Crippen molar-refractivity contribution in [3.8, 4) is 0 Å². The average molecular weight is 781 g/mol. The quantitative estimate of drug-likeness (QED) is 0.0444. The zero-order valence-corrected chi connectivity index (χ0v) is 35.4. The van der Waals surface area contributed by atoms with Gasteiger partial charge in [0, 0.05) is 6.61 Å². The van der Waals surface area contributed by atoms with Crippen LogP contribution in [0.3, 0.4) is 0 Å². The lowest BCUT2D eigenvalue weighted by Crippen LogP contribution is -2.27. The molecule has 0 unspecified atom stereocenters. The molecule has 12 nitrogen and oxygen atoms in total. The monoisotopic (exact) mass is 781 g/mol. The molecule has 0 heterocycles. The second-order valence-corrected chi connectivity index (χ2v) is 14.5. The van der Waals surface area contributed by atoms with Crippen molar-refractivity contribution in [3.63, 3.8) is 0 Å². The topological polar surface area (TPSA) is 119 Å². The van der Waals surface area contributed by atoms with Crippen molar-refractivity contribution >= 4 is 5.97 Å². The van der Waals surface area contributed by atoms with Crippen LogP contribution in [-0.4, -0.2) is 144 Å². The number of hydrogen-bond donors (Lipinski definition) is 0. The molecule has 0 N–H and O–H groups in total. The predicted octanol–water partition coefficient (Wildman–Crippen LogP) is 7.76. The summed E-state index contributed by atoms with van der Waals surface area (Å²) in [6.45, 7) is 17.6. The highest BCUT2D eigenvalue weighted by Crippen LogP contribution is 2.14. The number of esters is 1. The summed E-state index contributed by atoms with van der Waals surface area (Å²) < 4.78 is 60.1. The molecule has 0 amide bonds. The fraction of sp³-hybridized carbons (Fsp3) is 0.976. The maximum Gasteiger partial charge on any atom is 0.332 e. The molecule has 0 aromatic rings. The van der Waals surface area contributed by atoms with Gasteiger partial charge in [-0.05, 0) is 27.2 Å². The molecule has 0 aliphatic rings. The minimum Gasteiger partial charge on any atom is -0.458 e. The summed E-state index contributed by atoms with van der Waals surface area (Å²) in [5.74, 6) is -0.382. The molecule has 0 bridgehead atoms. The molecule has 0 radical (unpaired) electrons. The van der Waals surface area contributed by atoms with Crippen LogP contribution in [0.5, 0.6) is 0 Å². The van der Waals surface area contributed by atoms with Gasteiger partial charge in [-0.25, -0.2) is 4.79 Å². The smallest absolute Gasteiger partial charge is 0.332 e. The number of carbonyl (C=O) groups excluding carboxylic acids is 1. The van der Waals surface area contributed by atoms with Gasteiger partial charge in [-0.2, -0.15) is 0 Å². The Kier molecular flexibility index (Phi) is 44.0. The summed E-state index contributed by atoms with van der Waals surface area (Å²) in [5.41, 5.74) is -0.508. The number of hydrogen-bond acceptors (Lipinski definition) is 12. The number of carbonyl (C=O) groups is 1. The highest BCUT2D eigenvalue weighted by Gasteiger charge is 2.15. The first kappa shape index (κ1) is 53.1. The second-order valence-electron chi connectivity index (χ2n) is 14.5. The Balaban J connectivity index is 3.09. The van der Waals surface area contributed by atoms with Gasteiger partial charge in [-0.15, -0.1) is 0 Å². The Morgan fingerprint density at radius 2 is 0.537 bits per heavy atom. The molecule has 0 aromatic heterocycles. The van der Waals surface area contributed by atoms with Gasteiger partial charge >= 0.3 is 5.97 Å². The first-order chi connectivity index (χ1) is 26.5. The van der Waals surface area contributed by atoms with E-state index in [0.717, 1.165) is 13.0 Å². The molecule has 54 heavy (non-hydrogen) atoms. The van der Waals surface area contributed by atoms with E-state index in [1.165, 1.54) is 96.3 Å². The van der Waals surface area contributed by atoms with E-state index in [-0.39, 0.29) is 12.6 Å². The molecule has 12 heteroatoms. The Morgan fingerprint density at radius 1 is 0.315 bits per heavy atom. The average Bonchev–Trinajstić information content (AvgIpc) is 3.14. The van der Waals surface area contributed by atoms with Crippen molar-refractivity contribution in [2.45, 2.75) is 136 Å². The van der Waals surface area contributed by atoms with Gasteiger partial charge in [0.1, 0.15) is 12.2 Å². The van der Waals surface area contributed by atoms with Gasteiger partial charge in [-0.1, -0.05) is 103 Å². The fourth-order valence-corrected chi connectivity index (χ4v) is 5.26. The molecule has 0 saturated carbocycles. The molecule has 0 atom stereocenters. The summed E-state index contributed by atoms with van der Waals surface area (Å²) in [6, 6.07) is 0. The third kappa shape index (κ3) is 49.1. The lowest BCUT2D eigenvalue weighted by molar-refractivity contribution is -0.160. The first-order valence-corrected chi connectivity index (χ1v) is 21.4. The summed E-state index contributed by atoms with van der Waals surface area (Å²) in [6.07, 6.45) is 22.2. The fourth-order valence-electron chi connectivity index (χ4n) is 5.26. The predicted molar refractivity (Wildman–Crippen MR) is 214 cm³/mol. The van der Waals surface area contributed by atoms with E-state index in [1.54, 1.807) is 0 Å². The van der Waals surface area contributed by atoms with Crippen molar-refractivity contribution < 1.29 is 56.9 Å². The Morgan fingerprint density at radius 3 is 0.796 bits per heavy atom. The molecule has 324 valence electrons. The van der Waals surface area contributed by atoms with E-state index in [0.29, 0.717) is 119 Å². The van der Waals surface area contributed by atoms with Crippen LogP contribution >= 0.6 is 0 Å². The lowest BCUT2D eigenvalue weighted by Gasteiger charge is -2.19. The maximum atomic E-state index is 11.5. The lowest BCUT2D eigenvalue weighted by atomic mass is 10.0. The van der Waals surface area contributed by atoms with Gasteiger partial charge in [0.2, 0.25) is 0 Å². The van der Waals surface area contributed by atoms with Crippen molar-refractivity contribution in [3.05, 3.63) is 0 Å². The highest BCUT2D eigenvalue weighted by atomic mass is 16.6. The molecule has 0 fully saturated rings. The Hall–Kier alpha value is -0.930. The number of unbranched alkanes of at least 4 members (excludes halogenated alkanes) is 15. The van der Waals surface area contributed by atoms with Crippen LogP contribution in [0.2, 0.25) is 0 Å². The summed E-state index contributed by atoms with van der Waals surface area (Å²) >= 11 is 0. The minimum atomic E-state index is -0.508. The molecule has 0 aliphatic heterocycles. The van der Waals surface area contributed by atoms with E-state index >= 15 is 0 Å². The molecule has 0 aromatic carbocycles. The van der Waals surface area contributed by atoms with Crippen LogP contribution in [0.1, 0.15) is 130 Å². The maximum absolute atomic E-state index is 11.5. The van der Waals surface area contributed by atoms with Crippen molar-refractivity contribution in [1.29, 1.82) is 0 Å². The largest absolute Gasteiger partial charge is 0.458 e. The van der Waals surface area contributed by atoms with E-state index < -0.39 is 5.60 Å². The molecule has 0 saturated heterocycles. The van der Waals surface area contributed by atoms with Crippen molar-refractivity contribution in [1.82, 2.24) is 0 Å². The molecule has 0 aliphatic carbocycles. The number of ether oxygens (including phenoxy) is 11. The van der Waals surface area contributed by atoms with Crippen LogP contribution in [0.25, 0.3) is 0 Å². The van der Waals surface area contributed by atoms with Gasteiger partial charge in [-0.3, -0.25) is 0 Å². The summed E-state index contributed by atoms with van der Waals surface area (Å²) in [4.78, 5) is 11.5. The van der Waals surface area contributed by atoms with E-state index in [4.69, 9.17) is 52.1 Å². The summed E-state index contributed by atoms with van der Waals surface area (Å²) in [7, 11) is 0. The van der Waals surface area contributed by atoms with Gasteiger partial charge in [0.25, 0.3) is 0 Å². The molecule has 0 rings (SSSR count). The van der Waals surface area contributed by atoms with Gasteiger partial charge in [0.05, 0.1) is 119 Å². The molecular weight excluding hydrogens is 696 g/mol. The van der Waals surface area contributed by atoms with Crippen LogP contribution < -0.4 is 0 Å². The van der Waals surface area contributed by atoms with Gasteiger partial charge < -0.3 is 52.1 Å². The zero-order chi connectivity index (χ0) is 39.3. The first-order valence-electron chi connectivity index (χ1n) is 21.4. The van der Waals surface area contributed by atoms with Crippen LogP contribution in [-0.2, 0) is 56.9 Å². The van der Waals surface area contributed by atoms with Gasteiger partial charge in [0.15, 0.2) is 0 Å². The summed E-state index contributed by atoms with van der Waals surface area (Å²) in [5, 5.41) is 0. The third-order valence-corrected chi connectivity index (χ3v) is 8.13.